The molecule has 3 aromatic heterocycles. The van der Waals surface area contributed by atoms with Crippen LogP contribution in [0.15, 0.2) is 61.2 Å². The first-order chi connectivity index (χ1) is 13.6. The van der Waals surface area contributed by atoms with Crippen molar-refractivity contribution in [2.45, 2.75) is 6.92 Å². The van der Waals surface area contributed by atoms with Crippen molar-refractivity contribution in [3.05, 3.63) is 61.2 Å². The number of carbonyl (C=O) groups is 1. The van der Waals surface area contributed by atoms with E-state index in [4.69, 9.17) is 5.73 Å². The van der Waals surface area contributed by atoms with Gasteiger partial charge in [-0.25, -0.2) is 19.3 Å². The van der Waals surface area contributed by atoms with Crippen LogP contribution in [0.4, 0.5) is 16.3 Å². The number of nitrogens with one attached hydrogen (secondary N) is 2. The van der Waals surface area contributed by atoms with Crippen LogP contribution in [0.5, 0.6) is 0 Å². The normalized spacial score (nSPS) is 10.4. The van der Waals surface area contributed by atoms with Crippen molar-refractivity contribution in [2.24, 2.45) is 0 Å². The fraction of sp³-hybridized carbons (Fsp3) is 0.100. The lowest BCUT2D eigenvalue weighted by Gasteiger charge is -2.07. The van der Waals surface area contributed by atoms with Crippen LogP contribution in [0.2, 0.25) is 0 Å². The molecule has 4 rings (SSSR count). The number of pyridine rings is 1. The molecule has 4 aromatic rings. The zero-order chi connectivity index (χ0) is 19.5. The minimum Gasteiger partial charge on any atom is -0.384 e. The lowest BCUT2D eigenvalue weighted by atomic mass is 10.1. The molecule has 3 heterocycles. The summed E-state index contributed by atoms with van der Waals surface area (Å²) in [6.45, 7) is 2.44. The lowest BCUT2D eigenvalue weighted by molar-refractivity contribution is 0.252. The smallest absolute Gasteiger partial charge is 0.319 e. The summed E-state index contributed by atoms with van der Waals surface area (Å²) >= 11 is 0. The average Bonchev–Trinajstić information content (AvgIpc) is 3.12. The quantitative estimate of drug-likeness (QED) is 0.477. The van der Waals surface area contributed by atoms with Gasteiger partial charge in [0.25, 0.3) is 0 Å². The maximum Gasteiger partial charge on any atom is 0.319 e. The van der Waals surface area contributed by atoms with Gasteiger partial charge in [0.05, 0.1) is 6.20 Å². The zero-order valence-corrected chi connectivity index (χ0v) is 16.5. The minimum absolute atomic E-state index is 0. The van der Waals surface area contributed by atoms with Crippen LogP contribution in [0.25, 0.3) is 27.9 Å². The van der Waals surface area contributed by atoms with Gasteiger partial charge < -0.3 is 16.4 Å². The van der Waals surface area contributed by atoms with Gasteiger partial charge in [0.15, 0.2) is 5.65 Å². The molecule has 0 aliphatic rings. The molecule has 29 heavy (non-hydrogen) atoms. The number of benzene rings is 1. The third-order valence-electron chi connectivity index (χ3n) is 4.24. The summed E-state index contributed by atoms with van der Waals surface area (Å²) in [5.41, 5.74) is 10.7. The van der Waals surface area contributed by atoms with Crippen LogP contribution in [0, 0.1) is 0 Å². The molecule has 0 aliphatic heterocycles. The molecule has 0 saturated carbocycles. The molecule has 0 radical (unpaired) electrons. The Morgan fingerprint density at radius 1 is 1.07 bits per heavy atom. The first kappa shape index (κ1) is 20.1. The van der Waals surface area contributed by atoms with Crippen LogP contribution in [-0.2, 0) is 0 Å². The van der Waals surface area contributed by atoms with Gasteiger partial charge in [-0.1, -0.05) is 12.1 Å². The van der Waals surface area contributed by atoms with Gasteiger partial charge in [0.1, 0.15) is 5.82 Å². The Morgan fingerprint density at radius 3 is 2.66 bits per heavy atom. The van der Waals surface area contributed by atoms with E-state index >= 15 is 0 Å². The molecule has 2 amide bonds. The molecule has 4 N–H and O–H groups in total. The maximum absolute atomic E-state index is 11.8. The van der Waals surface area contributed by atoms with Gasteiger partial charge >= 0.3 is 6.03 Å². The standard InChI is InChI=1S/C20H19N7O.ClH/c1-2-22-20(28)26-16-5-3-4-13(8-16)17-11-25-27-12-15(10-24-19(17)27)14-6-7-18(21)23-9-14;/h3-12H,2H2,1H3,(H2,21,23)(H2,22,26,28);1H. The number of hydrogen-bond acceptors (Lipinski definition) is 5. The predicted molar refractivity (Wildman–Crippen MR) is 116 cm³/mol. The molecule has 1 aromatic carbocycles. The SMILES string of the molecule is CCNC(=O)Nc1cccc(-c2cnn3cc(-c4ccc(N)nc4)cnc23)c1.Cl. The van der Waals surface area contributed by atoms with Crippen LogP contribution in [-0.4, -0.2) is 32.2 Å². The van der Waals surface area contributed by atoms with Crippen molar-refractivity contribution in [3.8, 4) is 22.3 Å². The fourth-order valence-electron chi connectivity index (χ4n) is 2.90. The highest BCUT2D eigenvalue weighted by molar-refractivity contribution is 5.90. The Hall–Kier alpha value is -3.65. The molecule has 0 unspecified atom stereocenters. The van der Waals surface area contributed by atoms with E-state index in [0.717, 1.165) is 27.9 Å². The van der Waals surface area contributed by atoms with Crippen LogP contribution in [0.3, 0.4) is 0 Å². The molecule has 0 bridgehead atoms. The van der Waals surface area contributed by atoms with Crippen LogP contribution in [0.1, 0.15) is 6.92 Å². The number of hydrogen-bond donors (Lipinski definition) is 3. The second-order valence-electron chi connectivity index (χ2n) is 6.21. The topological polar surface area (TPSA) is 110 Å². The Labute approximate surface area is 173 Å². The predicted octanol–water partition coefficient (Wildman–Crippen LogP) is 3.60. The maximum atomic E-state index is 11.8. The van der Waals surface area contributed by atoms with Gasteiger partial charge in [0.2, 0.25) is 0 Å². The van der Waals surface area contributed by atoms with E-state index in [1.807, 2.05) is 43.5 Å². The number of nitrogens with two attached hydrogens (primary N) is 1. The summed E-state index contributed by atoms with van der Waals surface area (Å²) in [4.78, 5) is 20.4. The Balaban J connectivity index is 0.00000240. The second-order valence-corrected chi connectivity index (χ2v) is 6.21. The zero-order valence-electron chi connectivity index (χ0n) is 15.7. The highest BCUT2D eigenvalue weighted by atomic mass is 35.5. The van der Waals surface area contributed by atoms with Crippen LogP contribution >= 0.6 is 12.4 Å². The van der Waals surface area contributed by atoms with E-state index < -0.39 is 0 Å². The second kappa shape index (κ2) is 8.57. The van der Waals surface area contributed by atoms with E-state index in [2.05, 4.69) is 25.7 Å². The molecule has 9 heteroatoms. The molecule has 148 valence electrons. The van der Waals surface area contributed by atoms with Gasteiger partial charge in [0, 0.05) is 47.5 Å². The Morgan fingerprint density at radius 2 is 1.90 bits per heavy atom. The average molecular weight is 410 g/mol. The fourth-order valence-corrected chi connectivity index (χ4v) is 2.90. The summed E-state index contributed by atoms with van der Waals surface area (Å²) in [6, 6.07) is 11.0. The van der Waals surface area contributed by atoms with Crippen LogP contribution < -0.4 is 16.4 Å². The monoisotopic (exact) mass is 409 g/mol. The number of aromatic nitrogens is 4. The first-order valence-corrected chi connectivity index (χ1v) is 8.84. The van der Waals surface area contributed by atoms with Gasteiger partial charge in [-0.15, -0.1) is 12.4 Å². The van der Waals surface area contributed by atoms with E-state index in [9.17, 15) is 4.79 Å². The number of carbonyl (C=O) groups excluding carboxylic acids is 1. The summed E-state index contributed by atoms with van der Waals surface area (Å²) < 4.78 is 1.73. The molecular weight excluding hydrogens is 390 g/mol. The molecule has 8 nitrogen and oxygen atoms in total. The Kier molecular flexibility index (Phi) is 5.94. The van der Waals surface area contributed by atoms with Gasteiger partial charge in [-0.05, 0) is 36.8 Å². The van der Waals surface area contributed by atoms with Crippen molar-refractivity contribution in [1.82, 2.24) is 24.9 Å². The van der Waals surface area contributed by atoms with Gasteiger partial charge in [-0.3, -0.25) is 0 Å². The largest absolute Gasteiger partial charge is 0.384 e. The summed E-state index contributed by atoms with van der Waals surface area (Å²) in [6.07, 6.45) is 7.15. The van der Waals surface area contributed by atoms with E-state index in [0.29, 0.717) is 18.1 Å². The molecule has 0 spiro atoms. The molecule has 0 fully saturated rings. The summed E-state index contributed by atoms with van der Waals surface area (Å²) in [5, 5.41) is 9.95. The number of nitrogen functional groups attached to an aromatic ring is 1. The number of rotatable bonds is 4. The molecule has 0 aliphatic carbocycles. The van der Waals surface area contributed by atoms with E-state index in [-0.39, 0.29) is 18.4 Å². The summed E-state index contributed by atoms with van der Waals surface area (Å²) in [7, 11) is 0. The van der Waals surface area contributed by atoms with E-state index in [1.165, 1.54) is 0 Å². The number of urea groups is 1. The first-order valence-electron chi connectivity index (χ1n) is 8.84. The number of amides is 2. The third-order valence-corrected chi connectivity index (χ3v) is 4.24. The number of fused-ring (bicyclic) bond motifs is 1. The van der Waals surface area contributed by atoms with Crippen molar-refractivity contribution in [3.63, 3.8) is 0 Å². The summed E-state index contributed by atoms with van der Waals surface area (Å²) in [5.74, 6) is 0.472. The minimum atomic E-state index is -0.237. The van der Waals surface area contributed by atoms with Gasteiger partial charge in [-0.2, -0.15) is 5.10 Å². The molecular formula is C20H20ClN7O. The van der Waals surface area contributed by atoms with E-state index in [1.54, 1.807) is 29.2 Å². The van der Waals surface area contributed by atoms with Crippen molar-refractivity contribution in [2.75, 3.05) is 17.6 Å². The van der Waals surface area contributed by atoms with Crippen molar-refractivity contribution in [1.29, 1.82) is 0 Å². The van der Waals surface area contributed by atoms with Crippen molar-refractivity contribution < 1.29 is 4.79 Å². The lowest BCUT2D eigenvalue weighted by Crippen LogP contribution is -2.28. The number of anilines is 2. The number of halogens is 1. The van der Waals surface area contributed by atoms with Crippen molar-refractivity contribution >= 4 is 35.6 Å². The third kappa shape index (κ3) is 4.27. The highest BCUT2D eigenvalue weighted by Crippen LogP contribution is 2.27. The molecule has 0 atom stereocenters. The highest BCUT2D eigenvalue weighted by Gasteiger charge is 2.11. The molecule has 0 saturated heterocycles. The number of nitrogens with zero attached hydrogens (tertiary/aromatic N) is 4. The Bertz CT molecular complexity index is 1140.